The van der Waals surface area contributed by atoms with Crippen LogP contribution in [-0.4, -0.2) is 46.1 Å². The van der Waals surface area contributed by atoms with E-state index in [2.05, 4.69) is 15.5 Å². The highest BCUT2D eigenvalue weighted by Gasteiger charge is 2.70. The molecule has 8 nitrogen and oxygen atoms in total. The third-order valence-corrected chi connectivity index (χ3v) is 7.53. The number of benzene rings is 1. The fourth-order valence-electron chi connectivity index (χ4n) is 4.25. The number of nitrogens with zero attached hydrogens (tertiary/aromatic N) is 4. The number of fused-ring (bicyclic) bond motifs is 1. The summed E-state index contributed by atoms with van der Waals surface area (Å²) >= 11 is 7.72. The van der Waals surface area contributed by atoms with Crippen LogP contribution in [0.3, 0.4) is 0 Å². The molecule has 3 saturated carbocycles. The average molecular weight is 438 g/mol. The van der Waals surface area contributed by atoms with Gasteiger partial charge in [0.15, 0.2) is 21.4 Å². The van der Waals surface area contributed by atoms with Crippen molar-refractivity contribution in [3.63, 3.8) is 0 Å². The number of carbonyl (C=O) groups is 1. The molecule has 28 heavy (non-hydrogen) atoms. The van der Waals surface area contributed by atoms with Crippen molar-refractivity contribution in [2.24, 2.45) is 0 Å². The van der Waals surface area contributed by atoms with Gasteiger partial charge in [-0.2, -0.15) is 9.90 Å². The van der Waals surface area contributed by atoms with Crippen molar-refractivity contribution in [3.8, 4) is 0 Å². The van der Waals surface area contributed by atoms with Gasteiger partial charge in [0.1, 0.15) is 5.01 Å². The van der Waals surface area contributed by atoms with Crippen LogP contribution in [0.2, 0.25) is 5.02 Å². The van der Waals surface area contributed by atoms with Crippen molar-refractivity contribution in [2.75, 3.05) is 6.26 Å². The molecule has 2 bridgehead atoms. The van der Waals surface area contributed by atoms with Gasteiger partial charge in [0.2, 0.25) is 0 Å². The maximum absolute atomic E-state index is 12.5. The van der Waals surface area contributed by atoms with Crippen molar-refractivity contribution in [1.82, 2.24) is 25.3 Å². The zero-order chi connectivity index (χ0) is 19.7. The first-order valence-electron chi connectivity index (χ1n) is 8.62. The lowest BCUT2D eigenvalue weighted by Gasteiger charge is -2.69. The molecule has 2 heterocycles. The van der Waals surface area contributed by atoms with Gasteiger partial charge in [0.25, 0.3) is 5.91 Å². The SMILES string of the molecule is CS(=O)(=O)Cn1ncc(C(=O)NC23CC(c4nc5ccc(Cl)cc5s4)(C2)C3)n1. The molecule has 0 radical (unpaired) electrons. The van der Waals surface area contributed by atoms with Gasteiger partial charge in [0, 0.05) is 22.2 Å². The molecule has 2 aromatic heterocycles. The topological polar surface area (TPSA) is 107 Å². The Bertz CT molecular complexity index is 1210. The minimum absolute atomic E-state index is 0.0390. The third-order valence-electron chi connectivity index (χ3n) is 5.33. The Labute approximate surface area is 169 Å². The Morgan fingerprint density at radius 2 is 2.11 bits per heavy atom. The van der Waals surface area contributed by atoms with Gasteiger partial charge in [-0.3, -0.25) is 4.79 Å². The Morgan fingerprint density at radius 3 is 2.82 bits per heavy atom. The summed E-state index contributed by atoms with van der Waals surface area (Å²) in [7, 11) is -3.27. The average Bonchev–Trinajstić information content (AvgIpc) is 3.13. The van der Waals surface area contributed by atoms with Crippen LogP contribution >= 0.6 is 22.9 Å². The summed E-state index contributed by atoms with van der Waals surface area (Å²) in [6, 6.07) is 5.70. The van der Waals surface area contributed by atoms with Gasteiger partial charge in [-0.05, 0) is 37.5 Å². The van der Waals surface area contributed by atoms with Crippen LogP contribution in [0.5, 0.6) is 0 Å². The van der Waals surface area contributed by atoms with Crippen LogP contribution < -0.4 is 5.32 Å². The second kappa shape index (κ2) is 5.74. The lowest BCUT2D eigenvalue weighted by atomic mass is 9.39. The van der Waals surface area contributed by atoms with Crippen molar-refractivity contribution < 1.29 is 13.2 Å². The first kappa shape index (κ1) is 18.0. The molecule has 146 valence electrons. The molecule has 3 aromatic rings. The molecular formula is C17H16ClN5O3S2. The molecule has 11 heteroatoms. The van der Waals surface area contributed by atoms with Crippen LogP contribution in [0, 0.1) is 0 Å². The van der Waals surface area contributed by atoms with Crippen LogP contribution in [0.15, 0.2) is 24.4 Å². The standard InChI is InChI=1S/C17H16ClN5O3S2/c1-28(25,26)9-23-19-5-12(22-23)14(24)21-17-6-16(7-17,8-17)15-20-11-3-2-10(18)4-13(11)27-15/h2-5H,6-9H2,1H3,(H,21,24). The van der Waals surface area contributed by atoms with Gasteiger partial charge < -0.3 is 5.32 Å². The number of halogens is 1. The highest BCUT2D eigenvalue weighted by Crippen LogP contribution is 2.68. The Morgan fingerprint density at radius 1 is 1.36 bits per heavy atom. The maximum atomic E-state index is 12.5. The van der Waals surface area contributed by atoms with E-state index in [1.54, 1.807) is 11.3 Å². The zero-order valence-electron chi connectivity index (χ0n) is 14.8. The predicted octanol–water partition coefficient (Wildman–Crippen LogP) is 2.15. The van der Waals surface area contributed by atoms with E-state index < -0.39 is 9.84 Å². The number of thiazole rings is 1. The number of carbonyl (C=O) groups excluding carboxylic acids is 1. The van der Waals surface area contributed by atoms with Crippen molar-refractivity contribution in [3.05, 3.63) is 40.1 Å². The van der Waals surface area contributed by atoms with E-state index in [9.17, 15) is 13.2 Å². The van der Waals surface area contributed by atoms with E-state index in [0.29, 0.717) is 5.02 Å². The van der Waals surface area contributed by atoms with E-state index in [-0.39, 0.29) is 28.4 Å². The van der Waals surface area contributed by atoms with Gasteiger partial charge in [-0.25, -0.2) is 13.4 Å². The number of hydrogen-bond acceptors (Lipinski definition) is 7. The first-order valence-corrected chi connectivity index (χ1v) is 11.9. The monoisotopic (exact) mass is 437 g/mol. The first-order chi connectivity index (χ1) is 13.2. The molecule has 3 fully saturated rings. The molecule has 0 spiro atoms. The quantitative estimate of drug-likeness (QED) is 0.655. The minimum Gasteiger partial charge on any atom is -0.345 e. The Balaban J connectivity index is 1.26. The highest BCUT2D eigenvalue weighted by atomic mass is 35.5. The van der Waals surface area contributed by atoms with Crippen LogP contribution in [-0.2, 0) is 21.1 Å². The largest absolute Gasteiger partial charge is 0.345 e. The molecular weight excluding hydrogens is 422 g/mol. The number of nitrogens with one attached hydrogen (secondary N) is 1. The van der Waals surface area contributed by atoms with Gasteiger partial charge in [-0.15, -0.1) is 16.4 Å². The Hall–Kier alpha value is -2.04. The van der Waals surface area contributed by atoms with Crippen molar-refractivity contribution >= 4 is 48.9 Å². The number of hydrogen-bond donors (Lipinski definition) is 1. The molecule has 0 unspecified atom stereocenters. The lowest BCUT2D eigenvalue weighted by Crippen LogP contribution is -2.76. The summed E-state index contributed by atoms with van der Waals surface area (Å²) in [5.74, 6) is -0.681. The Kier molecular flexibility index (Phi) is 3.69. The second-order valence-corrected chi connectivity index (χ2v) is 11.4. The normalized spacial score (nSPS) is 25.9. The van der Waals surface area contributed by atoms with E-state index in [4.69, 9.17) is 16.6 Å². The highest BCUT2D eigenvalue weighted by molar-refractivity contribution is 7.89. The van der Waals surface area contributed by atoms with Crippen molar-refractivity contribution in [2.45, 2.75) is 36.1 Å². The fraction of sp³-hybridized carbons (Fsp3) is 0.412. The minimum atomic E-state index is -3.27. The van der Waals surface area contributed by atoms with E-state index >= 15 is 0 Å². The van der Waals surface area contributed by atoms with Crippen LogP contribution in [0.4, 0.5) is 0 Å². The molecule has 1 N–H and O–H groups in total. The van der Waals surface area contributed by atoms with Gasteiger partial charge in [-0.1, -0.05) is 11.6 Å². The summed E-state index contributed by atoms with van der Waals surface area (Å²) in [5.41, 5.74) is 0.886. The predicted molar refractivity (Wildman–Crippen MR) is 105 cm³/mol. The van der Waals surface area contributed by atoms with Crippen LogP contribution in [0.1, 0.15) is 34.8 Å². The number of aromatic nitrogens is 4. The summed E-state index contributed by atoms with van der Waals surface area (Å²) in [6.45, 7) is 0. The number of rotatable bonds is 5. The van der Waals surface area contributed by atoms with Crippen molar-refractivity contribution in [1.29, 1.82) is 0 Å². The molecule has 6 rings (SSSR count). The summed E-state index contributed by atoms with van der Waals surface area (Å²) in [4.78, 5) is 18.2. The summed E-state index contributed by atoms with van der Waals surface area (Å²) in [5, 5.41) is 12.6. The lowest BCUT2D eigenvalue weighted by molar-refractivity contribution is -0.0808. The fourth-order valence-corrected chi connectivity index (χ4v) is 6.22. The van der Waals surface area contributed by atoms with Gasteiger partial charge >= 0.3 is 0 Å². The molecule has 0 aliphatic heterocycles. The maximum Gasteiger partial charge on any atom is 0.273 e. The molecule has 3 aliphatic carbocycles. The summed E-state index contributed by atoms with van der Waals surface area (Å²) < 4.78 is 23.7. The van der Waals surface area contributed by atoms with E-state index in [1.807, 2.05) is 18.2 Å². The number of amides is 1. The molecule has 0 atom stereocenters. The molecule has 1 amide bonds. The van der Waals surface area contributed by atoms with E-state index in [1.165, 1.54) is 6.20 Å². The van der Waals surface area contributed by atoms with Gasteiger partial charge in [0.05, 0.1) is 16.4 Å². The molecule has 1 aromatic carbocycles. The smallest absolute Gasteiger partial charge is 0.273 e. The summed E-state index contributed by atoms with van der Waals surface area (Å²) in [6.07, 6.45) is 4.91. The third kappa shape index (κ3) is 2.90. The molecule has 0 saturated heterocycles. The van der Waals surface area contributed by atoms with Crippen LogP contribution in [0.25, 0.3) is 10.2 Å². The zero-order valence-corrected chi connectivity index (χ0v) is 17.2. The molecule has 3 aliphatic rings. The number of sulfone groups is 1. The van der Waals surface area contributed by atoms with E-state index in [0.717, 1.165) is 45.5 Å². The second-order valence-electron chi connectivity index (χ2n) is 7.83.